The second-order valence-corrected chi connectivity index (χ2v) is 2.88. The molecule has 0 aliphatic carbocycles. The first-order valence-electron chi connectivity index (χ1n) is 4.28. The highest BCUT2D eigenvalue weighted by molar-refractivity contribution is 4.66. The second-order valence-electron chi connectivity index (χ2n) is 2.88. The van der Waals surface area contributed by atoms with E-state index in [4.69, 9.17) is 19.3 Å². The van der Waals surface area contributed by atoms with E-state index in [1.807, 2.05) is 6.92 Å². The summed E-state index contributed by atoms with van der Waals surface area (Å²) < 4.78 is 15.1. The van der Waals surface area contributed by atoms with Crippen LogP contribution >= 0.6 is 0 Å². The van der Waals surface area contributed by atoms with E-state index in [9.17, 15) is 0 Å². The van der Waals surface area contributed by atoms with Crippen molar-refractivity contribution in [3.05, 3.63) is 0 Å². The fraction of sp³-hybridized carbons (Fsp3) is 1.00. The molecule has 0 radical (unpaired) electrons. The van der Waals surface area contributed by atoms with Crippen molar-refractivity contribution in [2.75, 3.05) is 26.6 Å². The van der Waals surface area contributed by atoms with Crippen molar-refractivity contribution in [3.8, 4) is 0 Å². The first-order chi connectivity index (χ1) is 5.83. The van der Waals surface area contributed by atoms with Crippen LogP contribution in [0, 0.1) is 0 Å². The fourth-order valence-corrected chi connectivity index (χ4v) is 0.705. The molecule has 0 spiro atoms. The Morgan fingerprint density at radius 1 is 1.58 bits per heavy atom. The van der Waals surface area contributed by atoms with E-state index in [1.54, 1.807) is 0 Å². The van der Waals surface area contributed by atoms with Gasteiger partial charge in [0.1, 0.15) is 12.9 Å². The zero-order valence-electron chi connectivity index (χ0n) is 7.36. The first-order valence-corrected chi connectivity index (χ1v) is 4.28. The van der Waals surface area contributed by atoms with Crippen LogP contribution in [0.5, 0.6) is 0 Å². The number of aliphatic hydroxyl groups is 1. The van der Waals surface area contributed by atoms with Crippen LogP contribution < -0.4 is 0 Å². The van der Waals surface area contributed by atoms with Crippen LogP contribution in [0.1, 0.15) is 13.3 Å². The van der Waals surface area contributed by atoms with Gasteiger partial charge in [-0.05, 0) is 6.42 Å². The molecule has 72 valence electrons. The molecular weight excluding hydrogens is 160 g/mol. The Balaban J connectivity index is 1.75. The van der Waals surface area contributed by atoms with Gasteiger partial charge >= 0.3 is 0 Å². The Kier molecular flexibility index (Phi) is 4.53. The van der Waals surface area contributed by atoms with Gasteiger partial charge in [-0.1, -0.05) is 6.92 Å². The summed E-state index contributed by atoms with van der Waals surface area (Å²) >= 11 is 0. The quantitative estimate of drug-likeness (QED) is 0.341. The molecule has 1 fully saturated rings. The van der Waals surface area contributed by atoms with Gasteiger partial charge in [-0.2, -0.15) is 0 Å². The Bertz CT molecular complexity index is 114. The summed E-state index contributed by atoms with van der Waals surface area (Å²) in [6.45, 7) is 3.91. The summed E-state index contributed by atoms with van der Waals surface area (Å²) in [5.74, 6) is 0. The smallest absolute Gasteiger partial charge is 0.146 e. The average molecular weight is 176 g/mol. The first kappa shape index (κ1) is 9.92. The van der Waals surface area contributed by atoms with Crippen LogP contribution in [0.3, 0.4) is 0 Å². The molecule has 0 aromatic rings. The predicted octanol–water partition coefficient (Wildman–Crippen LogP) is 0.147. The third-order valence-corrected chi connectivity index (χ3v) is 1.65. The molecular formula is C8H16O4. The van der Waals surface area contributed by atoms with Crippen molar-refractivity contribution < 1.29 is 19.3 Å². The molecule has 0 amide bonds. The molecule has 1 aliphatic rings. The number of epoxide rings is 1. The molecule has 4 nitrogen and oxygen atoms in total. The highest BCUT2D eigenvalue weighted by atomic mass is 16.7. The molecule has 1 N–H and O–H groups in total. The monoisotopic (exact) mass is 176 g/mol. The Hall–Kier alpha value is -0.160. The van der Waals surface area contributed by atoms with Crippen molar-refractivity contribution in [3.63, 3.8) is 0 Å². The third kappa shape index (κ3) is 4.66. The van der Waals surface area contributed by atoms with E-state index >= 15 is 0 Å². The van der Waals surface area contributed by atoms with E-state index in [0.29, 0.717) is 19.6 Å². The topological polar surface area (TPSA) is 51.2 Å². The highest BCUT2D eigenvalue weighted by Gasteiger charge is 2.22. The van der Waals surface area contributed by atoms with Crippen LogP contribution in [0.4, 0.5) is 0 Å². The van der Waals surface area contributed by atoms with Gasteiger partial charge in [0.05, 0.1) is 25.9 Å². The van der Waals surface area contributed by atoms with E-state index in [1.165, 1.54) is 0 Å². The second kappa shape index (κ2) is 5.48. The lowest BCUT2D eigenvalue weighted by molar-refractivity contribution is -0.0816. The highest BCUT2D eigenvalue weighted by Crippen LogP contribution is 2.08. The maximum Gasteiger partial charge on any atom is 0.146 e. The zero-order chi connectivity index (χ0) is 8.81. The summed E-state index contributed by atoms with van der Waals surface area (Å²) in [6.07, 6.45) is 0.626. The van der Waals surface area contributed by atoms with Gasteiger partial charge in [0, 0.05) is 0 Å². The van der Waals surface area contributed by atoms with Gasteiger partial charge in [0.25, 0.3) is 0 Å². The third-order valence-electron chi connectivity index (χ3n) is 1.65. The molecule has 1 aliphatic heterocycles. The van der Waals surface area contributed by atoms with Crippen molar-refractivity contribution in [2.45, 2.75) is 25.6 Å². The van der Waals surface area contributed by atoms with Crippen molar-refractivity contribution >= 4 is 0 Å². The van der Waals surface area contributed by atoms with Gasteiger partial charge < -0.3 is 19.3 Å². The molecule has 1 rings (SSSR count). The molecule has 12 heavy (non-hydrogen) atoms. The molecule has 1 saturated heterocycles. The van der Waals surface area contributed by atoms with Crippen LogP contribution in [-0.2, 0) is 14.2 Å². The van der Waals surface area contributed by atoms with Crippen LogP contribution in [0.25, 0.3) is 0 Å². The van der Waals surface area contributed by atoms with Gasteiger partial charge in [0.15, 0.2) is 0 Å². The van der Waals surface area contributed by atoms with E-state index < -0.39 is 0 Å². The molecule has 0 bridgehead atoms. The minimum atomic E-state index is -0.370. The summed E-state index contributed by atoms with van der Waals surface area (Å²) in [6, 6.07) is 0. The standard InChI is InChI=1S/C8H16O4/c1-2-7(9)3-10-6-11-4-8-5-12-8/h7-9H,2-6H2,1H3. The fourth-order valence-electron chi connectivity index (χ4n) is 0.705. The van der Waals surface area contributed by atoms with Crippen molar-refractivity contribution in [1.29, 1.82) is 0 Å². The van der Waals surface area contributed by atoms with E-state index in [-0.39, 0.29) is 19.0 Å². The van der Waals surface area contributed by atoms with Crippen LogP contribution in [0.15, 0.2) is 0 Å². The lowest BCUT2D eigenvalue weighted by Gasteiger charge is -2.08. The average Bonchev–Trinajstić information content (AvgIpc) is 2.87. The largest absolute Gasteiger partial charge is 0.391 e. The minimum Gasteiger partial charge on any atom is -0.391 e. The van der Waals surface area contributed by atoms with Crippen LogP contribution in [-0.4, -0.2) is 43.9 Å². The van der Waals surface area contributed by atoms with E-state index in [0.717, 1.165) is 6.61 Å². The number of rotatable bonds is 7. The van der Waals surface area contributed by atoms with Crippen molar-refractivity contribution in [2.24, 2.45) is 0 Å². The molecule has 0 saturated carbocycles. The molecule has 0 aromatic carbocycles. The molecule has 2 unspecified atom stereocenters. The van der Waals surface area contributed by atoms with Crippen molar-refractivity contribution in [1.82, 2.24) is 0 Å². The minimum absolute atomic E-state index is 0.247. The summed E-state index contributed by atoms with van der Waals surface area (Å²) in [4.78, 5) is 0. The summed E-state index contributed by atoms with van der Waals surface area (Å²) in [5.41, 5.74) is 0. The van der Waals surface area contributed by atoms with Gasteiger partial charge in [-0.3, -0.25) is 0 Å². The molecule has 0 aromatic heterocycles. The maximum absolute atomic E-state index is 9.07. The molecule has 4 heteroatoms. The predicted molar refractivity (Wildman–Crippen MR) is 42.8 cm³/mol. The zero-order valence-corrected chi connectivity index (χ0v) is 7.36. The number of ether oxygens (including phenoxy) is 3. The maximum atomic E-state index is 9.07. The van der Waals surface area contributed by atoms with Gasteiger partial charge in [-0.15, -0.1) is 0 Å². The summed E-state index contributed by atoms with van der Waals surface area (Å²) in [7, 11) is 0. The Morgan fingerprint density at radius 2 is 2.33 bits per heavy atom. The number of aliphatic hydroxyl groups excluding tert-OH is 1. The number of hydrogen-bond donors (Lipinski definition) is 1. The molecule has 1 heterocycles. The molecule has 2 atom stereocenters. The summed E-state index contributed by atoms with van der Waals surface area (Å²) in [5, 5.41) is 9.07. The Morgan fingerprint density at radius 3 is 2.92 bits per heavy atom. The van der Waals surface area contributed by atoms with Gasteiger partial charge in [-0.25, -0.2) is 0 Å². The normalized spacial score (nSPS) is 24.0. The van der Waals surface area contributed by atoms with Crippen LogP contribution in [0.2, 0.25) is 0 Å². The lowest BCUT2D eigenvalue weighted by Crippen LogP contribution is -2.16. The SMILES string of the molecule is CCC(O)COCOCC1CO1. The lowest BCUT2D eigenvalue weighted by atomic mass is 10.3. The Labute approximate surface area is 72.4 Å². The van der Waals surface area contributed by atoms with E-state index in [2.05, 4.69) is 0 Å². The van der Waals surface area contributed by atoms with Gasteiger partial charge in [0.2, 0.25) is 0 Å². The number of hydrogen-bond acceptors (Lipinski definition) is 4.